The first-order chi connectivity index (χ1) is 16.0. The maximum atomic E-state index is 10.7. The van der Waals surface area contributed by atoms with Gasteiger partial charge in [0.1, 0.15) is 24.4 Å². The number of hydrogen-bond donors (Lipinski definition) is 2. The maximum Gasteiger partial charge on any atom is 0.184 e. The van der Waals surface area contributed by atoms with Crippen molar-refractivity contribution >= 4 is 0 Å². The third-order valence-corrected chi connectivity index (χ3v) is 6.43. The number of aliphatic hydroxyl groups is 2. The van der Waals surface area contributed by atoms with Crippen LogP contribution in [-0.4, -0.2) is 47.3 Å². The molecule has 7 atom stereocenters. The summed E-state index contributed by atoms with van der Waals surface area (Å²) in [5.74, 6) is 0. The summed E-state index contributed by atoms with van der Waals surface area (Å²) in [6.07, 6.45) is -0.509. The van der Waals surface area contributed by atoms with Crippen molar-refractivity contribution in [3.63, 3.8) is 0 Å². The molecule has 2 fully saturated rings. The van der Waals surface area contributed by atoms with Crippen LogP contribution in [0.25, 0.3) is 0 Å². The van der Waals surface area contributed by atoms with Crippen LogP contribution in [0, 0.1) is 6.92 Å². The van der Waals surface area contributed by atoms with E-state index in [0.29, 0.717) is 0 Å². The molecule has 0 aliphatic carbocycles. The molecule has 2 saturated heterocycles. The van der Waals surface area contributed by atoms with Gasteiger partial charge in [0.2, 0.25) is 0 Å². The molecule has 6 nitrogen and oxygen atoms in total. The first kappa shape index (κ1) is 24.3. The molecule has 2 aromatic rings. The van der Waals surface area contributed by atoms with E-state index in [2.05, 4.69) is 26.0 Å². The van der Waals surface area contributed by atoms with Gasteiger partial charge in [-0.3, -0.25) is 0 Å². The summed E-state index contributed by atoms with van der Waals surface area (Å²) < 4.78 is 25.3. The second kappa shape index (κ2) is 11.1. The molecule has 33 heavy (non-hydrogen) atoms. The SMILES string of the molecule is CCCc1ccc(C2OC(C(O)CO)C3OC(c4ccc(C)cc4)OC(CCC)C3O2)cc1. The van der Waals surface area contributed by atoms with Crippen molar-refractivity contribution in [2.45, 2.75) is 89.6 Å². The summed E-state index contributed by atoms with van der Waals surface area (Å²) in [4.78, 5) is 0. The largest absolute Gasteiger partial charge is 0.394 e. The van der Waals surface area contributed by atoms with Crippen molar-refractivity contribution in [3.05, 3.63) is 70.8 Å². The van der Waals surface area contributed by atoms with E-state index >= 15 is 0 Å². The van der Waals surface area contributed by atoms with Crippen LogP contribution in [0.15, 0.2) is 48.5 Å². The quantitative estimate of drug-likeness (QED) is 0.614. The lowest BCUT2D eigenvalue weighted by Crippen LogP contribution is -2.61. The van der Waals surface area contributed by atoms with Crippen LogP contribution in [-0.2, 0) is 25.4 Å². The van der Waals surface area contributed by atoms with Crippen LogP contribution in [0.2, 0.25) is 0 Å². The van der Waals surface area contributed by atoms with Gasteiger partial charge in [0.15, 0.2) is 12.6 Å². The van der Waals surface area contributed by atoms with Gasteiger partial charge in [-0.25, -0.2) is 0 Å². The zero-order chi connectivity index (χ0) is 23.4. The van der Waals surface area contributed by atoms with Crippen LogP contribution in [0.1, 0.15) is 67.9 Å². The fourth-order valence-corrected chi connectivity index (χ4v) is 4.62. The van der Waals surface area contributed by atoms with Crippen molar-refractivity contribution in [2.75, 3.05) is 6.61 Å². The highest BCUT2D eigenvalue weighted by atomic mass is 16.8. The number of benzene rings is 2. The summed E-state index contributed by atoms with van der Waals surface area (Å²) in [7, 11) is 0. The molecule has 2 N–H and O–H groups in total. The molecule has 0 saturated carbocycles. The van der Waals surface area contributed by atoms with Gasteiger partial charge in [-0.1, -0.05) is 80.8 Å². The molecule has 6 heteroatoms. The molecule has 180 valence electrons. The van der Waals surface area contributed by atoms with Crippen LogP contribution in [0.4, 0.5) is 0 Å². The van der Waals surface area contributed by atoms with Crippen LogP contribution in [0.5, 0.6) is 0 Å². The molecule has 2 heterocycles. The van der Waals surface area contributed by atoms with Crippen molar-refractivity contribution in [1.29, 1.82) is 0 Å². The lowest BCUT2D eigenvalue weighted by molar-refractivity contribution is -0.391. The maximum absolute atomic E-state index is 10.7. The van der Waals surface area contributed by atoms with Gasteiger partial charge in [-0.15, -0.1) is 0 Å². The van der Waals surface area contributed by atoms with Crippen molar-refractivity contribution in [2.24, 2.45) is 0 Å². The highest BCUT2D eigenvalue weighted by molar-refractivity contribution is 5.25. The molecule has 0 amide bonds. The number of aryl methyl sites for hydroxylation is 2. The Morgan fingerprint density at radius 1 is 0.788 bits per heavy atom. The molecule has 2 aliphatic heterocycles. The normalized spacial score (nSPS) is 30.6. The summed E-state index contributed by atoms with van der Waals surface area (Å²) in [6, 6.07) is 16.2. The minimum absolute atomic E-state index is 0.223. The molecule has 2 aromatic carbocycles. The average molecular weight is 457 g/mol. The van der Waals surface area contributed by atoms with Gasteiger partial charge in [0.05, 0.1) is 12.7 Å². The topological polar surface area (TPSA) is 77.4 Å². The highest BCUT2D eigenvalue weighted by Crippen LogP contribution is 2.42. The summed E-state index contributed by atoms with van der Waals surface area (Å²) in [5.41, 5.74) is 4.20. The molecule has 4 rings (SSSR count). The third-order valence-electron chi connectivity index (χ3n) is 6.43. The number of ether oxygens (including phenoxy) is 4. The third kappa shape index (κ3) is 5.48. The molecule has 0 bridgehead atoms. The Kier molecular flexibility index (Phi) is 8.17. The molecule has 0 aromatic heterocycles. The van der Waals surface area contributed by atoms with Gasteiger partial charge in [-0.2, -0.15) is 0 Å². The Bertz CT molecular complexity index is 867. The van der Waals surface area contributed by atoms with Gasteiger partial charge >= 0.3 is 0 Å². The monoisotopic (exact) mass is 456 g/mol. The van der Waals surface area contributed by atoms with Crippen LogP contribution in [0.3, 0.4) is 0 Å². The Balaban J connectivity index is 1.61. The summed E-state index contributed by atoms with van der Waals surface area (Å²) >= 11 is 0. The molecular formula is C27H36O6. The Hall–Kier alpha value is -1.80. The Morgan fingerprint density at radius 3 is 2.00 bits per heavy atom. The van der Waals surface area contributed by atoms with Gasteiger partial charge < -0.3 is 29.2 Å². The fraction of sp³-hybridized carbons (Fsp3) is 0.556. The summed E-state index contributed by atoms with van der Waals surface area (Å²) in [6.45, 7) is 5.88. The minimum atomic E-state index is -1.10. The van der Waals surface area contributed by atoms with Crippen molar-refractivity contribution in [3.8, 4) is 0 Å². The molecule has 0 radical (unpaired) electrons. The van der Waals surface area contributed by atoms with E-state index in [9.17, 15) is 10.2 Å². The van der Waals surface area contributed by atoms with E-state index in [1.807, 2.05) is 43.3 Å². The lowest BCUT2D eigenvalue weighted by Gasteiger charge is -2.50. The van der Waals surface area contributed by atoms with Gasteiger partial charge in [0, 0.05) is 11.1 Å². The average Bonchev–Trinajstić information content (AvgIpc) is 2.84. The van der Waals surface area contributed by atoms with Crippen LogP contribution < -0.4 is 0 Å². The first-order valence-electron chi connectivity index (χ1n) is 12.1. The second-order valence-electron chi connectivity index (χ2n) is 9.08. The number of fused-ring (bicyclic) bond motifs is 1. The smallest absolute Gasteiger partial charge is 0.184 e. The van der Waals surface area contributed by atoms with E-state index < -0.39 is 43.6 Å². The minimum Gasteiger partial charge on any atom is -0.394 e. The highest BCUT2D eigenvalue weighted by Gasteiger charge is 2.51. The van der Waals surface area contributed by atoms with E-state index in [1.165, 1.54) is 5.56 Å². The van der Waals surface area contributed by atoms with Crippen molar-refractivity contribution in [1.82, 2.24) is 0 Å². The zero-order valence-electron chi connectivity index (χ0n) is 19.7. The molecule has 2 aliphatic rings. The van der Waals surface area contributed by atoms with Gasteiger partial charge in [-0.05, 0) is 25.3 Å². The molecular weight excluding hydrogens is 420 g/mol. The Labute approximate surface area is 196 Å². The predicted molar refractivity (Wildman–Crippen MR) is 125 cm³/mol. The molecule has 7 unspecified atom stereocenters. The number of rotatable bonds is 8. The van der Waals surface area contributed by atoms with E-state index in [0.717, 1.165) is 42.4 Å². The standard InChI is InChI=1S/C27H36O6/c1-4-6-18-10-14-20(15-11-18)27-31-23(21(29)16-28)25-24(32-27)22(7-5-2)30-26(33-25)19-12-8-17(3)9-13-19/h8-15,21-29H,4-7,16H2,1-3H3. The number of hydrogen-bond acceptors (Lipinski definition) is 6. The first-order valence-corrected chi connectivity index (χ1v) is 12.1. The van der Waals surface area contributed by atoms with Crippen LogP contribution >= 0.6 is 0 Å². The van der Waals surface area contributed by atoms with E-state index in [4.69, 9.17) is 18.9 Å². The summed E-state index contributed by atoms with van der Waals surface area (Å²) in [5, 5.41) is 20.4. The fourth-order valence-electron chi connectivity index (χ4n) is 4.62. The second-order valence-corrected chi connectivity index (χ2v) is 9.08. The molecule has 0 spiro atoms. The van der Waals surface area contributed by atoms with Gasteiger partial charge in [0.25, 0.3) is 0 Å². The van der Waals surface area contributed by atoms with Crippen molar-refractivity contribution < 1.29 is 29.2 Å². The zero-order valence-corrected chi connectivity index (χ0v) is 19.7. The lowest BCUT2D eigenvalue weighted by atomic mass is 9.93. The number of aliphatic hydroxyl groups excluding tert-OH is 2. The predicted octanol–water partition coefficient (Wildman–Crippen LogP) is 4.37. The van der Waals surface area contributed by atoms with E-state index in [-0.39, 0.29) is 6.10 Å². The Morgan fingerprint density at radius 2 is 1.39 bits per heavy atom. The van der Waals surface area contributed by atoms with E-state index in [1.54, 1.807) is 0 Å².